The van der Waals surface area contributed by atoms with Gasteiger partial charge in [-0.25, -0.2) is 4.39 Å². The average Bonchev–Trinajstić information content (AvgIpc) is 2.34. The highest BCUT2D eigenvalue weighted by atomic mass is 19.1. The van der Waals surface area contributed by atoms with Crippen LogP contribution in [0, 0.1) is 5.92 Å². The van der Waals surface area contributed by atoms with E-state index in [4.69, 9.17) is 4.74 Å². The average molecular weight is 148 g/mol. The van der Waals surface area contributed by atoms with Crippen molar-refractivity contribution < 1.29 is 18.7 Å². The topological polar surface area (TPSA) is 35.5 Å². The van der Waals surface area contributed by atoms with Crippen LogP contribution < -0.4 is 0 Å². The van der Waals surface area contributed by atoms with Crippen LogP contribution in [-0.4, -0.2) is 32.5 Å². The predicted molar refractivity (Wildman–Crippen MR) is 31.2 cm³/mol. The molecule has 1 aliphatic heterocycles. The van der Waals surface area contributed by atoms with E-state index in [2.05, 4.69) is 4.74 Å². The summed E-state index contributed by atoms with van der Waals surface area (Å²) in [6.45, 7) is 0.160. The van der Waals surface area contributed by atoms with E-state index < -0.39 is 18.1 Å². The maximum absolute atomic E-state index is 12.6. The minimum Gasteiger partial charge on any atom is -0.469 e. The molecule has 4 heteroatoms. The molecule has 58 valence electrons. The van der Waals surface area contributed by atoms with Crippen molar-refractivity contribution in [3.63, 3.8) is 0 Å². The van der Waals surface area contributed by atoms with Gasteiger partial charge in [0.2, 0.25) is 0 Å². The number of carbonyl (C=O) groups excluding carboxylic acids is 1. The molecule has 1 fully saturated rings. The quantitative estimate of drug-likeness (QED) is 0.496. The molecule has 0 aromatic rings. The Morgan fingerprint density at radius 3 is 2.80 bits per heavy atom. The highest BCUT2D eigenvalue weighted by molar-refractivity contribution is 5.73. The lowest BCUT2D eigenvalue weighted by molar-refractivity contribution is -0.146. The molecular weight excluding hydrogens is 139 g/mol. The monoisotopic (exact) mass is 148 g/mol. The standard InChI is InChI=1S/C6H9FO3/c1-9-6(8)4-2-10-3-5(4)7/h4-5H,2-3H2,1H3/t4-,5+/m0/s1. The molecular formula is C6H9FO3. The van der Waals surface area contributed by atoms with Crippen LogP contribution in [0.15, 0.2) is 0 Å². The number of carbonyl (C=O) groups is 1. The summed E-state index contributed by atoms with van der Waals surface area (Å²) in [5.74, 6) is -1.23. The van der Waals surface area contributed by atoms with E-state index in [-0.39, 0.29) is 13.2 Å². The Labute approximate surface area is 58.1 Å². The lowest BCUT2D eigenvalue weighted by Gasteiger charge is -2.05. The summed E-state index contributed by atoms with van der Waals surface area (Å²) in [6.07, 6.45) is -1.19. The van der Waals surface area contributed by atoms with Gasteiger partial charge < -0.3 is 9.47 Å². The second-order valence-electron chi connectivity index (χ2n) is 2.18. The molecule has 0 saturated carbocycles. The number of rotatable bonds is 1. The van der Waals surface area contributed by atoms with Crippen molar-refractivity contribution in [1.29, 1.82) is 0 Å². The molecule has 0 unspecified atom stereocenters. The lowest BCUT2D eigenvalue weighted by Crippen LogP contribution is -2.24. The second-order valence-corrected chi connectivity index (χ2v) is 2.18. The Morgan fingerprint density at radius 2 is 2.40 bits per heavy atom. The number of halogens is 1. The van der Waals surface area contributed by atoms with Gasteiger partial charge in [-0.05, 0) is 0 Å². The molecule has 1 heterocycles. The minimum atomic E-state index is -1.19. The second kappa shape index (κ2) is 2.96. The first-order chi connectivity index (χ1) is 4.75. The van der Waals surface area contributed by atoms with Crippen molar-refractivity contribution in [1.82, 2.24) is 0 Å². The fourth-order valence-corrected chi connectivity index (χ4v) is 0.895. The molecule has 10 heavy (non-hydrogen) atoms. The SMILES string of the molecule is COC(=O)[C@H]1COC[C@H]1F. The number of alkyl halides is 1. The summed E-state index contributed by atoms with van der Waals surface area (Å²) >= 11 is 0. The third-order valence-electron chi connectivity index (χ3n) is 1.52. The molecule has 0 radical (unpaired) electrons. The first-order valence-electron chi connectivity index (χ1n) is 3.05. The van der Waals surface area contributed by atoms with Gasteiger partial charge in [0.25, 0.3) is 0 Å². The number of esters is 1. The highest BCUT2D eigenvalue weighted by Gasteiger charge is 2.34. The summed E-state index contributed by atoms with van der Waals surface area (Å²) in [7, 11) is 1.24. The Hall–Kier alpha value is -0.640. The normalized spacial score (nSPS) is 32.2. The number of ether oxygens (including phenoxy) is 2. The number of hydrogen-bond acceptors (Lipinski definition) is 3. The van der Waals surface area contributed by atoms with E-state index in [0.717, 1.165) is 0 Å². The fraction of sp³-hybridized carbons (Fsp3) is 0.833. The molecule has 2 atom stereocenters. The van der Waals surface area contributed by atoms with E-state index >= 15 is 0 Å². The van der Waals surface area contributed by atoms with E-state index in [1.54, 1.807) is 0 Å². The van der Waals surface area contributed by atoms with E-state index in [9.17, 15) is 9.18 Å². The van der Waals surface area contributed by atoms with Gasteiger partial charge in [0.15, 0.2) is 0 Å². The van der Waals surface area contributed by atoms with Gasteiger partial charge in [0.05, 0.1) is 20.3 Å². The Bertz CT molecular complexity index is 137. The molecule has 1 rings (SSSR count). The summed E-state index contributed by atoms with van der Waals surface area (Å²) in [4.78, 5) is 10.7. The molecule has 0 aromatic carbocycles. The van der Waals surface area contributed by atoms with Crippen molar-refractivity contribution in [2.45, 2.75) is 6.17 Å². The maximum atomic E-state index is 12.6. The van der Waals surface area contributed by atoms with Gasteiger partial charge in [-0.1, -0.05) is 0 Å². The third-order valence-corrected chi connectivity index (χ3v) is 1.52. The summed E-state index contributed by atoms with van der Waals surface area (Å²) < 4.78 is 21.7. The van der Waals surface area contributed by atoms with Crippen LogP contribution in [0.5, 0.6) is 0 Å². The summed E-state index contributed by atoms with van der Waals surface area (Å²) in [6, 6.07) is 0. The zero-order chi connectivity index (χ0) is 7.56. The molecule has 1 saturated heterocycles. The minimum absolute atomic E-state index is 0.0137. The van der Waals surface area contributed by atoms with Gasteiger partial charge in [-0.15, -0.1) is 0 Å². The first-order valence-corrected chi connectivity index (χ1v) is 3.05. The zero-order valence-electron chi connectivity index (χ0n) is 5.67. The number of hydrogen-bond donors (Lipinski definition) is 0. The van der Waals surface area contributed by atoms with Gasteiger partial charge in [-0.2, -0.15) is 0 Å². The molecule has 0 spiro atoms. The largest absolute Gasteiger partial charge is 0.469 e. The molecule has 0 amide bonds. The van der Waals surface area contributed by atoms with E-state index in [0.29, 0.717) is 0 Å². The first kappa shape index (κ1) is 7.47. The highest BCUT2D eigenvalue weighted by Crippen LogP contribution is 2.17. The lowest BCUT2D eigenvalue weighted by atomic mass is 10.1. The van der Waals surface area contributed by atoms with Crippen molar-refractivity contribution in [2.24, 2.45) is 5.92 Å². The van der Waals surface area contributed by atoms with Crippen molar-refractivity contribution >= 4 is 5.97 Å². The van der Waals surface area contributed by atoms with Gasteiger partial charge in [0, 0.05) is 0 Å². The molecule has 0 bridgehead atoms. The summed E-state index contributed by atoms with van der Waals surface area (Å²) in [5.41, 5.74) is 0. The molecule has 1 aliphatic rings. The van der Waals surface area contributed by atoms with Crippen LogP contribution in [-0.2, 0) is 14.3 Å². The van der Waals surface area contributed by atoms with Gasteiger partial charge in [-0.3, -0.25) is 4.79 Å². The van der Waals surface area contributed by atoms with Crippen molar-refractivity contribution in [3.05, 3.63) is 0 Å². The van der Waals surface area contributed by atoms with E-state index in [1.165, 1.54) is 7.11 Å². The summed E-state index contributed by atoms with van der Waals surface area (Å²) in [5, 5.41) is 0. The van der Waals surface area contributed by atoms with Crippen LogP contribution in [0.3, 0.4) is 0 Å². The van der Waals surface area contributed by atoms with Gasteiger partial charge in [0.1, 0.15) is 12.1 Å². The maximum Gasteiger partial charge on any atom is 0.314 e. The smallest absolute Gasteiger partial charge is 0.314 e. The molecule has 3 nitrogen and oxygen atoms in total. The Balaban J connectivity index is 2.46. The predicted octanol–water partition coefficient (Wildman–Crippen LogP) is 0.144. The van der Waals surface area contributed by atoms with Crippen LogP contribution >= 0.6 is 0 Å². The van der Waals surface area contributed by atoms with Crippen LogP contribution in [0.4, 0.5) is 4.39 Å². The number of methoxy groups -OCH3 is 1. The third kappa shape index (κ3) is 1.26. The molecule has 0 aromatic heterocycles. The van der Waals surface area contributed by atoms with Crippen LogP contribution in [0.25, 0.3) is 0 Å². The fourth-order valence-electron chi connectivity index (χ4n) is 0.895. The van der Waals surface area contributed by atoms with Crippen LogP contribution in [0.1, 0.15) is 0 Å². The van der Waals surface area contributed by atoms with E-state index in [1.807, 2.05) is 0 Å². The Morgan fingerprint density at radius 1 is 1.70 bits per heavy atom. The molecule has 0 aliphatic carbocycles. The van der Waals surface area contributed by atoms with Crippen LogP contribution in [0.2, 0.25) is 0 Å². The Kier molecular flexibility index (Phi) is 2.21. The van der Waals surface area contributed by atoms with Crippen molar-refractivity contribution in [2.75, 3.05) is 20.3 Å². The molecule has 0 N–H and O–H groups in total. The van der Waals surface area contributed by atoms with Gasteiger partial charge >= 0.3 is 5.97 Å². The zero-order valence-corrected chi connectivity index (χ0v) is 5.67. The van der Waals surface area contributed by atoms with Crippen molar-refractivity contribution in [3.8, 4) is 0 Å².